The molecule has 0 saturated heterocycles. The van der Waals surface area contributed by atoms with Crippen molar-refractivity contribution in [3.8, 4) is 17.1 Å². The van der Waals surface area contributed by atoms with Crippen molar-refractivity contribution >= 4 is 28.3 Å². The molecule has 4 aromatic rings. The molecule has 156 valence electrons. The summed E-state index contributed by atoms with van der Waals surface area (Å²) in [4.78, 5) is 25.0. The highest BCUT2D eigenvalue weighted by molar-refractivity contribution is 7.10. The van der Waals surface area contributed by atoms with Gasteiger partial charge in [-0.25, -0.2) is 4.79 Å². The van der Waals surface area contributed by atoms with Gasteiger partial charge < -0.3 is 21.2 Å². The van der Waals surface area contributed by atoms with E-state index in [0.717, 1.165) is 34.4 Å². The number of hydrogen-bond acceptors (Lipinski definition) is 7. The average Bonchev–Trinajstić information content (AvgIpc) is 3.35. The van der Waals surface area contributed by atoms with E-state index >= 15 is 0 Å². The minimum Gasteiger partial charge on any atom is -0.463 e. The molecule has 0 unspecified atom stereocenters. The molecule has 1 aromatic carbocycles. The Bertz CT molecular complexity index is 1210. The zero-order chi connectivity index (χ0) is 21.1. The quantitative estimate of drug-likeness (QED) is 0.373. The van der Waals surface area contributed by atoms with Crippen molar-refractivity contribution in [3.63, 3.8) is 0 Å². The third kappa shape index (κ3) is 4.07. The summed E-state index contributed by atoms with van der Waals surface area (Å²) in [6.45, 7) is 3.49. The third-order valence-corrected chi connectivity index (χ3v) is 5.80. The molecule has 0 atom stereocenters. The van der Waals surface area contributed by atoms with Crippen LogP contribution in [0.25, 0.3) is 22.3 Å². The minimum atomic E-state index is -0.286. The van der Waals surface area contributed by atoms with E-state index < -0.39 is 0 Å². The number of hydrogen-bond donors (Lipinski definition) is 3. The van der Waals surface area contributed by atoms with E-state index in [1.807, 2.05) is 24.3 Å². The van der Waals surface area contributed by atoms with Crippen molar-refractivity contribution in [1.82, 2.24) is 19.5 Å². The SMILES string of the molecule is CCCCOc1nc(N)c2[nH]c(=O)n(Cc3ccc(-c4csc(CN)c4)cc3)c2n1. The van der Waals surface area contributed by atoms with E-state index in [4.69, 9.17) is 16.2 Å². The Morgan fingerprint density at radius 2 is 2.00 bits per heavy atom. The van der Waals surface area contributed by atoms with Crippen molar-refractivity contribution in [2.75, 3.05) is 12.3 Å². The molecule has 3 heterocycles. The van der Waals surface area contributed by atoms with Gasteiger partial charge in [0.05, 0.1) is 13.2 Å². The number of fused-ring (bicyclic) bond motifs is 1. The molecule has 0 fully saturated rings. The van der Waals surface area contributed by atoms with Gasteiger partial charge in [-0.1, -0.05) is 37.6 Å². The summed E-state index contributed by atoms with van der Waals surface area (Å²) >= 11 is 1.65. The van der Waals surface area contributed by atoms with Crippen LogP contribution in [0, 0.1) is 0 Å². The fourth-order valence-corrected chi connectivity index (χ4v) is 3.95. The second-order valence-corrected chi connectivity index (χ2v) is 8.01. The van der Waals surface area contributed by atoms with Crippen LogP contribution in [0.4, 0.5) is 5.82 Å². The monoisotopic (exact) mass is 424 g/mol. The zero-order valence-corrected chi connectivity index (χ0v) is 17.5. The topological polar surface area (TPSA) is 125 Å². The number of nitrogen functional groups attached to an aromatic ring is 1. The van der Waals surface area contributed by atoms with Gasteiger partial charge in [0.2, 0.25) is 0 Å². The van der Waals surface area contributed by atoms with Crippen LogP contribution in [-0.2, 0) is 13.1 Å². The summed E-state index contributed by atoms with van der Waals surface area (Å²) < 4.78 is 7.13. The van der Waals surface area contributed by atoms with E-state index in [1.54, 1.807) is 15.9 Å². The number of nitrogens with zero attached hydrogens (tertiary/aromatic N) is 3. The van der Waals surface area contributed by atoms with E-state index in [2.05, 4.69) is 33.3 Å². The highest BCUT2D eigenvalue weighted by Gasteiger charge is 2.15. The molecule has 0 aliphatic heterocycles. The molecular formula is C21H24N6O2S. The summed E-state index contributed by atoms with van der Waals surface area (Å²) in [6, 6.07) is 10.4. The molecule has 0 spiro atoms. The predicted molar refractivity (Wildman–Crippen MR) is 120 cm³/mol. The fourth-order valence-electron chi connectivity index (χ4n) is 3.17. The molecular weight excluding hydrogens is 400 g/mol. The molecule has 8 nitrogen and oxygen atoms in total. The van der Waals surface area contributed by atoms with Crippen molar-refractivity contribution in [2.24, 2.45) is 5.73 Å². The first kappa shape index (κ1) is 20.1. The van der Waals surface area contributed by atoms with E-state index in [-0.39, 0.29) is 17.5 Å². The van der Waals surface area contributed by atoms with Gasteiger partial charge in [-0.05, 0) is 34.6 Å². The molecule has 0 aliphatic rings. The van der Waals surface area contributed by atoms with Crippen LogP contribution in [0.5, 0.6) is 6.01 Å². The second-order valence-electron chi connectivity index (χ2n) is 7.01. The standard InChI is InChI=1S/C21H24N6O2S/c1-2-3-8-29-20-25-18(23)17-19(26-20)27(21(28)24-17)11-13-4-6-14(7-5-13)15-9-16(10-22)30-12-15/h4-7,9,12H,2-3,8,10-11,22H2,1H3,(H,24,28)(H2,23,25,26). The molecule has 4 rings (SSSR count). The maximum absolute atomic E-state index is 12.5. The third-order valence-electron chi connectivity index (χ3n) is 4.84. The fraction of sp³-hybridized carbons (Fsp3) is 0.286. The smallest absolute Gasteiger partial charge is 0.328 e. The number of nitrogens with one attached hydrogen (secondary N) is 1. The van der Waals surface area contributed by atoms with Crippen molar-refractivity contribution in [3.05, 3.63) is 56.6 Å². The molecule has 0 radical (unpaired) electrons. The Hall–Kier alpha value is -3.17. The summed E-state index contributed by atoms with van der Waals surface area (Å²) in [7, 11) is 0. The van der Waals surface area contributed by atoms with Crippen LogP contribution in [0.15, 0.2) is 40.5 Å². The van der Waals surface area contributed by atoms with E-state index in [0.29, 0.717) is 30.9 Å². The lowest BCUT2D eigenvalue weighted by Crippen LogP contribution is -2.17. The van der Waals surface area contributed by atoms with Crippen molar-refractivity contribution in [2.45, 2.75) is 32.9 Å². The largest absolute Gasteiger partial charge is 0.463 e. The molecule has 9 heteroatoms. The number of aromatic amines is 1. The first-order valence-electron chi connectivity index (χ1n) is 9.84. The predicted octanol–water partition coefficient (Wildman–Crippen LogP) is 3.12. The summed E-state index contributed by atoms with van der Waals surface area (Å²) in [5.41, 5.74) is 15.5. The first-order valence-corrected chi connectivity index (χ1v) is 10.7. The Morgan fingerprint density at radius 1 is 1.20 bits per heavy atom. The zero-order valence-electron chi connectivity index (χ0n) is 16.7. The van der Waals surface area contributed by atoms with Gasteiger partial charge in [0, 0.05) is 11.4 Å². The van der Waals surface area contributed by atoms with E-state index in [1.165, 1.54) is 0 Å². The average molecular weight is 425 g/mol. The Balaban J connectivity index is 1.61. The van der Waals surface area contributed by atoms with Gasteiger partial charge in [0.25, 0.3) is 0 Å². The number of nitrogens with two attached hydrogens (primary N) is 2. The lowest BCUT2D eigenvalue weighted by atomic mass is 10.1. The van der Waals surface area contributed by atoms with Gasteiger partial charge in [0.1, 0.15) is 5.52 Å². The number of thiophene rings is 1. The second kappa shape index (κ2) is 8.68. The molecule has 0 aliphatic carbocycles. The molecule has 0 amide bonds. The number of unbranched alkanes of at least 4 members (excludes halogenated alkanes) is 1. The minimum absolute atomic E-state index is 0.185. The maximum atomic E-state index is 12.5. The van der Waals surface area contributed by atoms with E-state index in [9.17, 15) is 4.79 Å². The Labute approximate surface area is 177 Å². The van der Waals surface area contributed by atoms with Gasteiger partial charge in [-0.3, -0.25) is 4.57 Å². The molecule has 0 bridgehead atoms. The van der Waals surface area contributed by atoms with Gasteiger partial charge in [0.15, 0.2) is 11.5 Å². The van der Waals surface area contributed by atoms with Gasteiger partial charge in [-0.2, -0.15) is 9.97 Å². The van der Waals surface area contributed by atoms with Crippen molar-refractivity contribution < 1.29 is 4.74 Å². The van der Waals surface area contributed by atoms with Crippen LogP contribution in [0.3, 0.4) is 0 Å². The lowest BCUT2D eigenvalue weighted by molar-refractivity contribution is 0.286. The first-order chi connectivity index (χ1) is 14.6. The van der Waals surface area contributed by atoms with Crippen LogP contribution in [-0.4, -0.2) is 26.1 Å². The highest BCUT2D eigenvalue weighted by Crippen LogP contribution is 2.26. The van der Waals surface area contributed by atoms with Gasteiger partial charge >= 0.3 is 11.7 Å². The number of imidazole rings is 1. The van der Waals surface area contributed by atoms with Crippen molar-refractivity contribution in [1.29, 1.82) is 0 Å². The van der Waals surface area contributed by atoms with Crippen LogP contribution >= 0.6 is 11.3 Å². The number of ether oxygens (including phenoxy) is 1. The van der Waals surface area contributed by atoms with Crippen LogP contribution < -0.4 is 21.9 Å². The maximum Gasteiger partial charge on any atom is 0.328 e. The van der Waals surface area contributed by atoms with Crippen LogP contribution in [0.2, 0.25) is 0 Å². The number of H-pyrrole nitrogens is 1. The molecule has 3 aromatic heterocycles. The number of aromatic nitrogens is 4. The van der Waals surface area contributed by atoms with Gasteiger partial charge in [-0.15, -0.1) is 11.3 Å². The number of benzene rings is 1. The molecule has 5 N–H and O–H groups in total. The number of rotatable bonds is 8. The normalized spacial score (nSPS) is 11.3. The summed E-state index contributed by atoms with van der Waals surface area (Å²) in [5.74, 6) is 0.200. The summed E-state index contributed by atoms with van der Waals surface area (Å²) in [6.07, 6.45) is 1.89. The summed E-state index contributed by atoms with van der Waals surface area (Å²) in [5, 5.41) is 2.10. The highest BCUT2D eigenvalue weighted by atomic mass is 32.1. The Kier molecular flexibility index (Phi) is 5.82. The number of anilines is 1. The lowest BCUT2D eigenvalue weighted by Gasteiger charge is -2.07. The molecule has 0 saturated carbocycles. The van der Waals surface area contributed by atoms with Crippen LogP contribution in [0.1, 0.15) is 30.2 Å². The Morgan fingerprint density at radius 3 is 2.70 bits per heavy atom. The molecule has 30 heavy (non-hydrogen) atoms.